The normalized spacial score (nSPS) is 15.9. The van der Waals surface area contributed by atoms with Crippen molar-refractivity contribution in [1.29, 1.82) is 0 Å². The largest absolute Gasteiger partial charge is 0.368 e. The van der Waals surface area contributed by atoms with Crippen LogP contribution in [0.25, 0.3) is 21.6 Å². The van der Waals surface area contributed by atoms with Crippen LogP contribution < -0.4 is 5.32 Å². The highest BCUT2D eigenvalue weighted by molar-refractivity contribution is 7.71. The van der Waals surface area contributed by atoms with Gasteiger partial charge in [-0.25, -0.2) is 9.97 Å². The first-order valence-electron chi connectivity index (χ1n) is 10.9. The molecule has 0 saturated heterocycles. The fraction of sp³-hybridized carbons (Fsp3) is 0.409. The number of rotatable bonds is 6. The van der Waals surface area contributed by atoms with Crippen molar-refractivity contribution in [2.75, 3.05) is 11.9 Å². The third kappa shape index (κ3) is 3.55. The van der Waals surface area contributed by atoms with Gasteiger partial charge >= 0.3 is 0 Å². The van der Waals surface area contributed by atoms with Gasteiger partial charge in [0.05, 0.1) is 5.39 Å². The van der Waals surface area contributed by atoms with Crippen LogP contribution in [0, 0.1) is 4.77 Å². The van der Waals surface area contributed by atoms with Crippen LogP contribution in [0.4, 0.5) is 5.82 Å². The predicted molar refractivity (Wildman–Crippen MR) is 125 cm³/mol. The number of nitrogens with zero attached hydrogens (tertiary/aromatic N) is 5. The first kappa shape index (κ1) is 19.1. The highest BCUT2D eigenvalue weighted by Crippen LogP contribution is 2.40. The molecule has 2 aliphatic rings. The molecular formula is C22H23N7S2. The number of fused-ring (bicyclic) bond motifs is 3. The maximum Gasteiger partial charge on any atom is 0.195 e. The summed E-state index contributed by atoms with van der Waals surface area (Å²) in [6.07, 6.45) is 10.8. The van der Waals surface area contributed by atoms with Crippen LogP contribution in [0.1, 0.15) is 47.9 Å². The minimum atomic E-state index is 0.555. The highest BCUT2D eigenvalue weighted by atomic mass is 32.1. The molecule has 6 rings (SSSR count). The van der Waals surface area contributed by atoms with Gasteiger partial charge in [-0.2, -0.15) is 5.10 Å². The lowest BCUT2D eigenvalue weighted by Gasteiger charge is -2.14. The fourth-order valence-electron chi connectivity index (χ4n) is 4.39. The van der Waals surface area contributed by atoms with E-state index >= 15 is 0 Å². The fourth-order valence-corrected chi connectivity index (χ4v) is 5.89. The summed E-state index contributed by atoms with van der Waals surface area (Å²) in [5, 5.41) is 12.2. The van der Waals surface area contributed by atoms with Crippen LogP contribution in [0.15, 0.2) is 24.5 Å². The Morgan fingerprint density at radius 2 is 2.13 bits per heavy atom. The van der Waals surface area contributed by atoms with E-state index in [1.54, 1.807) is 6.20 Å². The average molecular weight is 450 g/mol. The smallest absolute Gasteiger partial charge is 0.195 e. The maximum absolute atomic E-state index is 5.46. The minimum Gasteiger partial charge on any atom is -0.368 e. The van der Waals surface area contributed by atoms with Crippen LogP contribution in [0.3, 0.4) is 0 Å². The molecule has 0 amide bonds. The van der Waals surface area contributed by atoms with Crippen LogP contribution in [-0.2, 0) is 19.4 Å². The van der Waals surface area contributed by atoms with Gasteiger partial charge in [-0.05, 0) is 68.4 Å². The van der Waals surface area contributed by atoms with Crippen molar-refractivity contribution in [3.05, 3.63) is 45.6 Å². The van der Waals surface area contributed by atoms with Crippen molar-refractivity contribution in [3.63, 3.8) is 0 Å². The lowest BCUT2D eigenvalue weighted by molar-refractivity contribution is 0.668. The Morgan fingerprint density at radius 1 is 1.23 bits per heavy atom. The molecule has 4 heterocycles. The van der Waals surface area contributed by atoms with Crippen LogP contribution in [-0.4, -0.2) is 36.3 Å². The second-order valence-corrected chi connectivity index (χ2v) is 9.74. The Morgan fingerprint density at radius 3 is 2.97 bits per heavy atom. The molecule has 7 nitrogen and oxygen atoms in total. The minimum absolute atomic E-state index is 0.555. The number of anilines is 1. The molecule has 0 aromatic carbocycles. The lowest BCUT2D eigenvalue weighted by atomic mass is 9.97. The molecule has 0 radical (unpaired) electrons. The van der Waals surface area contributed by atoms with Gasteiger partial charge in [0.1, 0.15) is 16.5 Å². The van der Waals surface area contributed by atoms with Crippen molar-refractivity contribution in [2.24, 2.45) is 0 Å². The van der Waals surface area contributed by atoms with E-state index in [0.29, 0.717) is 10.7 Å². The quantitative estimate of drug-likeness (QED) is 0.408. The summed E-state index contributed by atoms with van der Waals surface area (Å²) in [5.41, 5.74) is 2.37. The van der Waals surface area contributed by atoms with Crippen LogP contribution >= 0.6 is 23.6 Å². The van der Waals surface area contributed by atoms with Gasteiger partial charge in [-0.1, -0.05) is 0 Å². The van der Waals surface area contributed by atoms with Gasteiger partial charge in [0.25, 0.3) is 0 Å². The van der Waals surface area contributed by atoms with Crippen molar-refractivity contribution in [3.8, 4) is 11.4 Å². The third-order valence-corrected chi connectivity index (χ3v) is 7.59. The molecule has 1 saturated carbocycles. The first-order chi connectivity index (χ1) is 15.3. The van der Waals surface area contributed by atoms with E-state index < -0.39 is 0 Å². The topological polar surface area (TPSA) is 84.3 Å². The molecule has 1 fully saturated rings. The van der Waals surface area contributed by atoms with E-state index in [9.17, 15) is 0 Å². The Kier molecular flexibility index (Phi) is 4.80. The number of H-pyrrole nitrogens is 1. The molecular weight excluding hydrogens is 426 g/mol. The molecule has 0 aliphatic heterocycles. The second-order valence-electron chi connectivity index (χ2n) is 8.27. The Bertz CT molecular complexity index is 1300. The number of aromatic amines is 1. The van der Waals surface area contributed by atoms with E-state index in [1.165, 1.54) is 41.5 Å². The van der Waals surface area contributed by atoms with Gasteiger partial charge < -0.3 is 9.88 Å². The zero-order chi connectivity index (χ0) is 20.8. The first-order valence-corrected chi connectivity index (χ1v) is 12.1. The highest BCUT2D eigenvalue weighted by Gasteiger charge is 2.29. The number of thiophene rings is 1. The van der Waals surface area contributed by atoms with E-state index in [-0.39, 0.29) is 0 Å². The Hall–Kier alpha value is -2.65. The van der Waals surface area contributed by atoms with Crippen molar-refractivity contribution < 1.29 is 0 Å². The summed E-state index contributed by atoms with van der Waals surface area (Å²) in [7, 11) is 0. The molecule has 2 N–H and O–H groups in total. The summed E-state index contributed by atoms with van der Waals surface area (Å²) >= 11 is 7.29. The molecule has 0 unspecified atom stereocenters. The predicted octanol–water partition coefficient (Wildman–Crippen LogP) is 4.88. The summed E-state index contributed by atoms with van der Waals surface area (Å²) in [6, 6.07) is 3.94. The van der Waals surface area contributed by atoms with Crippen molar-refractivity contribution in [1.82, 2.24) is 29.7 Å². The second kappa shape index (κ2) is 7.80. The standard InChI is InChI=1S/C22H23N7S2/c30-22-28-27-20(13-7-8-13)29(22)11-10-24-19-17-15-5-1-2-6-16(15)31-21(17)26-18(25-19)14-4-3-9-23-12-14/h3-4,9,12-13H,1-2,5-8,10-11H2,(H,28,30)(H,24,25,26). The van der Waals surface area contributed by atoms with Gasteiger partial charge in [0.2, 0.25) is 0 Å². The van der Waals surface area contributed by atoms with E-state index in [1.807, 2.05) is 29.7 Å². The number of aryl methyl sites for hydroxylation is 2. The number of pyridine rings is 1. The third-order valence-electron chi connectivity index (χ3n) is 6.09. The molecule has 158 valence electrons. The average Bonchev–Trinajstić information content (AvgIpc) is 3.48. The molecule has 2 aliphatic carbocycles. The van der Waals surface area contributed by atoms with Crippen molar-refractivity contribution >= 4 is 39.6 Å². The molecule has 31 heavy (non-hydrogen) atoms. The number of hydrogen-bond donors (Lipinski definition) is 2. The number of aromatic nitrogens is 6. The van der Waals surface area contributed by atoms with Gasteiger partial charge in [-0.3, -0.25) is 10.1 Å². The lowest BCUT2D eigenvalue weighted by Crippen LogP contribution is -2.14. The summed E-state index contributed by atoms with van der Waals surface area (Å²) in [6.45, 7) is 1.50. The van der Waals surface area contributed by atoms with Gasteiger partial charge in [-0.15, -0.1) is 11.3 Å². The molecule has 0 bridgehead atoms. The van der Waals surface area contributed by atoms with E-state index in [4.69, 9.17) is 22.2 Å². The maximum atomic E-state index is 5.46. The Balaban J connectivity index is 1.36. The Labute approximate surface area is 189 Å². The molecule has 4 aromatic heterocycles. The monoisotopic (exact) mass is 449 g/mol. The molecule has 0 atom stereocenters. The van der Waals surface area contributed by atoms with Crippen molar-refractivity contribution in [2.45, 2.75) is 51.0 Å². The summed E-state index contributed by atoms with van der Waals surface area (Å²) in [5.74, 6) is 3.29. The zero-order valence-corrected chi connectivity index (χ0v) is 18.7. The summed E-state index contributed by atoms with van der Waals surface area (Å²) in [4.78, 5) is 16.7. The molecule has 0 spiro atoms. The zero-order valence-electron chi connectivity index (χ0n) is 17.1. The molecule has 9 heteroatoms. The van der Waals surface area contributed by atoms with Gasteiger partial charge in [0.15, 0.2) is 10.6 Å². The van der Waals surface area contributed by atoms with E-state index in [0.717, 1.165) is 53.8 Å². The van der Waals surface area contributed by atoms with Crippen LogP contribution in [0.5, 0.6) is 0 Å². The summed E-state index contributed by atoms with van der Waals surface area (Å²) < 4.78 is 2.82. The number of nitrogens with one attached hydrogen (secondary N) is 2. The molecule has 4 aromatic rings. The van der Waals surface area contributed by atoms with E-state index in [2.05, 4.69) is 25.1 Å². The van der Waals surface area contributed by atoms with Gasteiger partial charge in [0, 0.05) is 41.8 Å². The number of hydrogen-bond acceptors (Lipinski definition) is 7. The SMILES string of the molecule is S=c1[nH]nc(C2CC2)n1CCNc1nc(-c2cccnc2)nc2sc3c(c12)CCCC3. The van der Waals surface area contributed by atoms with Crippen LogP contribution in [0.2, 0.25) is 0 Å².